The molecule has 1 aliphatic rings. The van der Waals surface area contributed by atoms with Crippen LogP contribution in [0.1, 0.15) is 48.4 Å². The van der Waals surface area contributed by atoms with Crippen molar-refractivity contribution in [3.8, 4) is 0 Å². The van der Waals surface area contributed by atoms with Gasteiger partial charge in [0.2, 0.25) is 5.54 Å². The zero-order valence-corrected chi connectivity index (χ0v) is 15.3. The molecule has 0 aliphatic carbocycles. The number of nitrogens with one attached hydrogen (secondary N) is 1. The number of hydroxylamine groups is 2. The Morgan fingerprint density at radius 2 is 1.43 bits per heavy atom. The van der Waals surface area contributed by atoms with Gasteiger partial charge < -0.3 is 9.57 Å². The minimum atomic E-state index is -5.32. The van der Waals surface area contributed by atoms with Crippen LogP contribution in [0, 0.1) is 0 Å². The number of amides is 3. The molecule has 152 valence electrons. The number of halogens is 3. The van der Waals surface area contributed by atoms with Gasteiger partial charge in [-0.1, -0.05) is 17.2 Å². The fourth-order valence-corrected chi connectivity index (χ4v) is 2.17. The Morgan fingerprint density at radius 3 is 1.82 bits per heavy atom. The van der Waals surface area contributed by atoms with Crippen LogP contribution >= 0.6 is 0 Å². The average molecular weight is 402 g/mol. The first-order valence-corrected chi connectivity index (χ1v) is 7.95. The molecular formula is C17H17F3N2O6. The number of ether oxygens (including phenoxy) is 1. The highest BCUT2D eigenvalue weighted by Crippen LogP contribution is 2.33. The van der Waals surface area contributed by atoms with Crippen molar-refractivity contribution in [1.29, 1.82) is 0 Å². The van der Waals surface area contributed by atoms with Crippen molar-refractivity contribution < 1.29 is 41.9 Å². The van der Waals surface area contributed by atoms with Crippen molar-refractivity contribution in [3.63, 3.8) is 0 Å². The summed E-state index contributed by atoms with van der Waals surface area (Å²) in [6, 6.07) is 5.37. The van der Waals surface area contributed by atoms with Crippen molar-refractivity contribution in [2.24, 2.45) is 0 Å². The average Bonchev–Trinajstić information content (AvgIpc) is 2.77. The van der Waals surface area contributed by atoms with E-state index in [1.807, 2.05) is 0 Å². The van der Waals surface area contributed by atoms with E-state index in [-0.39, 0.29) is 16.2 Å². The van der Waals surface area contributed by atoms with E-state index in [0.29, 0.717) is 6.92 Å². The van der Waals surface area contributed by atoms with Crippen molar-refractivity contribution in [1.82, 2.24) is 10.4 Å². The van der Waals surface area contributed by atoms with E-state index in [1.165, 1.54) is 50.4 Å². The smallest absolute Gasteiger partial charge is 0.422 e. The number of carbonyl (C=O) groups excluding carboxylic acids is 4. The molecule has 1 aromatic rings. The molecule has 1 aromatic carbocycles. The minimum absolute atomic E-state index is 0.0756. The zero-order valence-electron chi connectivity index (χ0n) is 15.3. The molecule has 0 bridgehead atoms. The SMILES string of the molecule is CC(C)(C)OC(=O)NC(C)(C(=O)ON1C(=O)c2ccccc2C1=O)C(F)(F)F. The second-order valence-corrected chi connectivity index (χ2v) is 7.08. The molecule has 8 nitrogen and oxygen atoms in total. The number of rotatable bonds is 3. The van der Waals surface area contributed by atoms with Gasteiger partial charge in [0, 0.05) is 0 Å². The van der Waals surface area contributed by atoms with Gasteiger partial charge in [-0.15, -0.1) is 0 Å². The predicted octanol–water partition coefficient (Wildman–Crippen LogP) is 2.59. The second-order valence-electron chi connectivity index (χ2n) is 7.08. The van der Waals surface area contributed by atoms with Gasteiger partial charge in [0.15, 0.2) is 0 Å². The van der Waals surface area contributed by atoms with Gasteiger partial charge >= 0.3 is 18.2 Å². The van der Waals surface area contributed by atoms with Crippen LogP contribution in [0.5, 0.6) is 0 Å². The predicted molar refractivity (Wildman–Crippen MR) is 86.9 cm³/mol. The Bertz CT molecular complexity index is 811. The Labute approximate surface area is 157 Å². The number of fused-ring (bicyclic) bond motifs is 1. The maximum absolute atomic E-state index is 13.5. The van der Waals surface area contributed by atoms with Crippen LogP contribution in [0.3, 0.4) is 0 Å². The van der Waals surface area contributed by atoms with Crippen molar-refractivity contribution >= 4 is 23.9 Å². The highest BCUT2D eigenvalue weighted by atomic mass is 19.4. The lowest BCUT2D eigenvalue weighted by molar-refractivity contribution is -0.222. The number of imide groups is 1. The first-order chi connectivity index (χ1) is 12.7. The molecule has 1 N–H and O–H groups in total. The summed E-state index contributed by atoms with van der Waals surface area (Å²) in [5, 5.41) is 1.33. The minimum Gasteiger partial charge on any atom is -0.444 e. The number of hydrogen-bond acceptors (Lipinski definition) is 6. The molecule has 3 amide bonds. The van der Waals surface area contributed by atoms with Gasteiger partial charge in [-0.25, -0.2) is 9.59 Å². The van der Waals surface area contributed by atoms with Crippen molar-refractivity contribution in [3.05, 3.63) is 35.4 Å². The van der Waals surface area contributed by atoms with Crippen LogP contribution < -0.4 is 5.32 Å². The monoisotopic (exact) mass is 402 g/mol. The lowest BCUT2D eigenvalue weighted by Gasteiger charge is -2.32. The van der Waals surface area contributed by atoms with Crippen LogP contribution in [0.2, 0.25) is 0 Å². The van der Waals surface area contributed by atoms with Crippen LogP contribution in [-0.4, -0.2) is 46.3 Å². The molecule has 1 unspecified atom stereocenters. The Hall–Kier alpha value is -3.11. The fraction of sp³-hybridized carbons (Fsp3) is 0.412. The molecule has 2 rings (SSSR count). The van der Waals surface area contributed by atoms with Crippen LogP contribution in [0.25, 0.3) is 0 Å². The standard InChI is InChI=1S/C17H17F3N2O6/c1-15(2,3)27-14(26)21-16(4,17(18,19)20)13(25)28-22-11(23)9-7-5-6-8-10(9)12(22)24/h5-8H,1-4H3,(H,21,26). The Balaban J connectivity index is 2.26. The first-order valence-electron chi connectivity index (χ1n) is 7.95. The summed E-state index contributed by atoms with van der Waals surface area (Å²) in [7, 11) is 0. The topological polar surface area (TPSA) is 102 Å². The van der Waals surface area contributed by atoms with Gasteiger partial charge in [0.25, 0.3) is 11.8 Å². The maximum atomic E-state index is 13.5. The molecule has 1 atom stereocenters. The molecule has 28 heavy (non-hydrogen) atoms. The first kappa shape index (κ1) is 21.2. The largest absolute Gasteiger partial charge is 0.444 e. The van der Waals surface area contributed by atoms with Gasteiger partial charge in [0.05, 0.1) is 11.1 Å². The summed E-state index contributed by atoms with van der Waals surface area (Å²) in [5.41, 5.74) is -4.98. The summed E-state index contributed by atoms with van der Waals surface area (Å²) >= 11 is 0. The molecule has 0 radical (unpaired) electrons. The summed E-state index contributed by atoms with van der Waals surface area (Å²) < 4.78 is 45.3. The number of nitrogens with zero attached hydrogens (tertiary/aromatic N) is 1. The van der Waals surface area contributed by atoms with Gasteiger partial charge in [0.1, 0.15) is 5.60 Å². The fourth-order valence-electron chi connectivity index (χ4n) is 2.17. The van der Waals surface area contributed by atoms with Crippen LogP contribution in [0.15, 0.2) is 24.3 Å². The molecule has 0 spiro atoms. The van der Waals surface area contributed by atoms with Crippen LogP contribution in [-0.2, 0) is 14.4 Å². The maximum Gasteiger partial charge on any atom is 0.422 e. The van der Waals surface area contributed by atoms with E-state index in [4.69, 9.17) is 4.74 Å². The van der Waals surface area contributed by atoms with Crippen LogP contribution in [0.4, 0.5) is 18.0 Å². The molecule has 11 heteroatoms. The van der Waals surface area contributed by atoms with Gasteiger partial charge in [-0.3, -0.25) is 14.9 Å². The summed E-state index contributed by atoms with van der Waals surface area (Å²) in [5.74, 6) is -4.29. The molecule has 0 fully saturated rings. The van der Waals surface area contributed by atoms with Gasteiger partial charge in [-0.05, 0) is 39.8 Å². The van der Waals surface area contributed by atoms with Crippen molar-refractivity contribution in [2.75, 3.05) is 0 Å². The molecule has 1 heterocycles. The number of alkyl carbamates (subject to hydrolysis) is 1. The number of alkyl halides is 3. The van der Waals surface area contributed by atoms with E-state index in [9.17, 15) is 32.3 Å². The van der Waals surface area contributed by atoms with E-state index in [0.717, 1.165) is 0 Å². The van der Waals surface area contributed by atoms with E-state index >= 15 is 0 Å². The quantitative estimate of drug-likeness (QED) is 0.780. The molecule has 0 saturated heterocycles. The highest BCUT2D eigenvalue weighted by Gasteiger charge is 2.61. The lowest BCUT2D eigenvalue weighted by Crippen LogP contribution is -2.64. The van der Waals surface area contributed by atoms with E-state index in [1.54, 1.807) is 0 Å². The summed E-state index contributed by atoms with van der Waals surface area (Å²) in [6.45, 7) is 4.56. The zero-order chi connectivity index (χ0) is 21.5. The molecule has 1 aliphatic heterocycles. The normalized spacial score (nSPS) is 16.3. The van der Waals surface area contributed by atoms with E-state index in [2.05, 4.69) is 4.84 Å². The second kappa shape index (κ2) is 6.80. The molecule has 0 saturated carbocycles. The molecule has 0 aromatic heterocycles. The van der Waals surface area contributed by atoms with Gasteiger partial charge in [-0.2, -0.15) is 13.2 Å². The van der Waals surface area contributed by atoms with E-state index < -0.39 is 41.2 Å². The molecular weight excluding hydrogens is 385 g/mol. The van der Waals surface area contributed by atoms with Crippen molar-refractivity contribution in [2.45, 2.75) is 45.0 Å². The third-order valence-corrected chi connectivity index (χ3v) is 3.66. The summed E-state index contributed by atoms with van der Waals surface area (Å²) in [4.78, 5) is 52.8. The third-order valence-electron chi connectivity index (χ3n) is 3.66. The number of benzene rings is 1. The third kappa shape index (κ3) is 3.92. The number of hydrogen-bond donors (Lipinski definition) is 1. The summed E-state index contributed by atoms with van der Waals surface area (Å²) in [6.07, 6.45) is -6.86. The lowest BCUT2D eigenvalue weighted by atomic mass is 10.0. The Kier molecular flexibility index (Phi) is 5.15. The number of carbonyl (C=O) groups is 4. The Morgan fingerprint density at radius 1 is 0.964 bits per heavy atom. The highest BCUT2D eigenvalue weighted by molar-refractivity contribution is 6.21.